The number of aliphatic carboxylic acids is 1. The lowest BCUT2D eigenvalue weighted by Crippen LogP contribution is -2.13. The van der Waals surface area contributed by atoms with Gasteiger partial charge < -0.3 is 5.11 Å². The Kier molecular flexibility index (Phi) is 2.58. The van der Waals surface area contributed by atoms with Crippen LogP contribution < -0.4 is 0 Å². The number of halogens is 1. The molecule has 1 aromatic heterocycles. The van der Waals surface area contributed by atoms with E-state index in [9.17, 15) is 9.18 Å². The maximum atomic E-state index is 14.1. The molecule has 0 saturated heterocycles. The quantitative estimate of drug-likeness (QED) is 0.912. The van der Waals surface area contributed by atoms with E-state index in [-0.39, 0.29) is 11.8 Å². The summed E-state index contributed by atoms with van der Waals surface area (Å²) in [4.78, 5) is 14.6. The summed E-state index contributed by atoms with van der Waals surface area (Å²) in [6.07, 6.45) is 4.39. The minimum absolute atomic E-state index is 0.0507. The number of benzene rings is 1. The summed E-state index contributed by atoms with van der Waals surface area (Å²) in [6.45, 7) is 0. The van der Waals surface area contributed by atoms with Gasteiger partial charge in [0.15, 0.2) is 0 Å². The number of aromatic nitrogens is 3. The van der Waals surface area contributed by atoms with Gasteiger partial charge in [0.1, 0.15) is 24.2 Å². The summed E-state index contributed by atoms with van der Waals surface area (Å²) < 4.78 is 15.4. The first kappa shape index (κ1) is 11.8. The molecule has 1 fully saturated rings. The highest BCUT2D eigenvalue weighted by Gasteiger charge is 2.46. The first-order chi connectivity index (χ1) is 9.11. The van der Waals surface area contributed by atoms with E-state index in [1.165, 1.54) is 23.4 Å². The van der Waals surface area contributed by atoms with E-state index in [1.54, 1.807) is 12.1 Å². The second-order valence-electron chi connectivity index (χ2n) is 4.86. The average molecular weight is 261 g/mol. The predicted molar refractivity (Wildman–Crippen MR) is 64.5 cm³/mol. The van der Waals surface area contributed by atoms with E-state index in [0.717, 1.165) is 18.4 Å². The van der Waals surface area contributed by atoms with Gasteiger partial charge in [-0.25, -0.2) is 14.1 Å². The molecule has 3 rings (SSSR count). The monoisotopic (exact) mass is 261 g/mol. The number of carboxylic acids is 1. The minimum Gasteiger partial charge on any atom is -0.481 e. The van der Waals surface area contributed by atoms with Gasteiger partial charge in [-0.05, 0) is 30.5 Å². The Hall–Kier alpha value is -2.24. The number of hydrogen-bond acceptors (Lipinski definition) is 3. The van der Waals surface area contributed by atoms with E-state index >= 15 is 0 Å². The molecule has 0 unspecified atom stereocenters. The first-order valence-electron chi connectivity index (χ1n) is 5.98. The lowest BCUT2D eigenvalue weighted by Gasteiger charge is -2.14. The fraction of sp³-hybridized carbons (Fsp3) is 0.308. The van der Waals surface area contributed by atoms with Crippen molar-refractivity contribution >= 4 is 5.97 Å². The smallest absolute Gasteiger partial charge is 0.304 e. The van der Waals surface area contributed by atoms with Crippen molar-refractivity contribution < 1.29 is 14.3 Å². The standard InChI is InChI=1S/C13H12FN3O2/c14-10-5-9(13(3-4-13)6-12(18)19)1-2-11(10)17-8-15-7-16-17/h1-2,5,7-8H,3-4,6H2,(H,18,19). The van der Waals surface area contributed by atoms with E-state index in [2.05, 4.69) is 10.1 Å². The maximum Gasteiger partial charge on any atom is 0.304 e. The Morgan fingerprint density at radius 1 is 1.47 bits per heavy atom. The largest absolute Gasteiger partial charge is 0.481 e. The highest BCUT2D eigenvalue weighted by atomic mass is 19.1. The third-order valence-electron chi connectivity index (χ3n) is 3.57. The van der Waals surface area contributed by atoms with Gasteiger partial charge in [0, 0.05) is 5.41 Å². The summed E-state index contributed by atoms with van der Waals surface area (Å²) >= 11 is 0. The van der Waals surface area contributed by atoms with Crippen LogP contribution in [0.3, 0.4) is 0 Å². The number of nitrogens with zero attached hydrogens (tertiary/aromatic N) is 3. The number of hydrogen-bond donors (Lipinski definition) is 1. The third kappa shape index (κ3) is 2.09. The molecule has 1 aliphatic rings. The van der Waals surface area contributed by atoms with Gasteiger partial charge in [0.05, 0.1) is 6.42 Å². The fourth-order valence-electron chi connectivity index (χ4n) is 2.36. The molecule has 6 heteroatoms. The summed E-state index contributed by atoms with van der Waals surface area (Å²) in [6, 6.07) is 4.80. The molecule has 1 N–H and O–H groups in total. The van der Waals surface area contributed by atoms with Crippen molar-refractivity contribution in [3.63, 3.8) is 0 Å². The van der Waals surface area contributed by atoms with E-state index in [1.807, 2.05) is 0 Å². The Balaban J connectivity index is 1.94. The van der Waals surface area contributed by atoms with Crippen molar-refractivity contribution in [2.24, 2.45) is 0 Å². The van der Waals surface area contributed by atoms with Crippen molar-refractivity contribution in [1.82, 2.24) is 14.8 Å². The molecule has 0 bridgehead atoms. The van der Waals surface area contributed by atoms with Crippen molar-refractivity contribution in [2.45, 2.75) is 24.7 Å². The van der Waals surface area contributed by atoms with Crippen LogP contribution in [-0.4, -0.2) is 25.8 Å². The molecule has 1 heterocycles. The first-order valence-corrected chi connectivity index (χ1v) is 5.98. The molecule has 0 amide bonds. The third-order valence-corrected chi connectivity index (χ3v) is 3.57. The van der Waals surface area contributed by atoms with Gasteiger partial charge in [-0.15, -0.1) is 0 Å². The molecule has 19 heavy (non-hydrogen) atoms. The van der Waals surface area contributed by atoms with Gasteiger partial charge in [0.25, 0.3) is 0 Å². The molecule has 1 aliphatic carbocycles. The average Bonchev–Trinajstić information content (AvgIpc) is 2.93. The fourth-order valence-corrected chi connectivity index (χ4v) is 2.36. The van der Waals surface area contributed by atoms with Crippen LogP contribution in [0.4, 0.5) is 4.39 Å². The zero-order chi connectivity index (χ0) is 13.5. The minimum atomic E-state index is -0.849. The van der Waals surface area contributed by atoms with Gasteiger partial charge in [-0.2, -0.15) is 5.10 Å². The van der Waals surface area contributed by atoms with E-state index in [4.69, 9.17) is 5.11 Å². The molecule has 0 aliphatic heterocycles. The molecule has 0 radical (unpaired) electrons. The second-order valence-corrected chi connectivity index (χ2v) is 4.86. The summed E-state index contributed by atoms with van der Waals surface area (Å²) in [5.74, 6) is -1.27. The van der Waals surface area contributed by atoms with Crippen molar-refractivity contribution in [3.8, 4) is 5.69 Å². The van der Waals surface area contributed by atoms with Crippen LogP contribution in [0.25, 0.3) is 5.69 Å². The van der Waals surface area contributed by atoms with Crippen molar-refractivity contribution in [1.29, 1.82) is 0 Å². The van der Waals surface area contributed by atoms with Crippen molar-refractivity contribution in [2.75, 3.05) is 0 Å². The Morgan fingerprint density at radius 2 is 2.26 bits per heavy atom. The topological polar surface area (TPSA) is 68.0 Å². The molecular formula is C13H12FN3O2. The number of carbonyl (C=O) groups is 1. The molecular weight excluding hydrogens is 249 g/mol. The molecule has 1 aromatic carbocycles. The molecule has 98 valence electrons. The SMILES string of the molecule is O=C(O)CC1(c2ccc(-n3cncn3)c(F)c2)CC1. The molecule has 0 atom stereocenters. The van der Waals surface area contributed by atoms with Gasteiger partial charge in [-0.3, -0.25) is 4.79 Å². The molecule has 1 saturated carbocycles. The van der Waals surface area contributed by atoms with Crippen LogP contribution in [-0.2, 0) is 10.2 Å². The van der Waals surface area contributed by atoms with Gasteiger partial charge in [-0.1, -0.05) is 6.07 Å². The van der Waals surface area contributed by atoms with E-state index < -0.39 is 11.8 Å². The molecule has 5 nitrogen and oxygen atoms in total. The zero-order valence-corrected chi connectivity index (χ0v) is 10.1. The van der Waals surface area contributed by atoms with Crippen LogP contribution in [0, 0.1) is 5.82 Å². The lowest BCUT2D eigenvalue weighted by molar-refractivity contribution is -0.137. The molecule has 2 aromatic rings. The highest BCUT2D eigenvalue weighted by Crippen LogP contribution is 2.51. The zero-order valence-electron chi connectivity index (χ0n) is 10.1. The summed E-state index contributed by atoms with van der Waals surface area (Å²) in [7, 11) is 0. The van der Waals surface area contributed by atoms with Gasteiger partial charge >= 0.3 is 5.97 Å². The highest BCUT2D eigenvalue weighted by molar-refractivity contribution is 5.70. The van der Waals surface area contributed by atoms with Crippen LogP contribution in [0.5, 0.6) is 0 Å². The van der Waals surface area contributed by atoms with Crippen LogP contribution >= 0.6 is 0 Å². The Labute approximate surface area is 108 Å². The predicted octanol–water partition coefficient (Wildman–Crippen LogP) is 1.91. The summed E-state index contributed by atoms with van der Waals surface area (Å²) in [5, 5.41) is 12.8. The van der Waals surface area contributed by atoms with Crippen LogP contribution in [0.1, 0.15) is 24.8 Å². The van der Waals surface area contributed by atoms with Crippen LogP contribution in [0.2, 0.25) is 0 Å². The van der Waals surface area contributed by atoms with Crippen LogP contribution in [0.15, 0.2) is 30.9 Å². The lowest BCUT2D eigenvalue weighted by atomic mass is 9.92. The normalized spacial score (nSPS) is 16.3. The second kappa shape index (κ2) is 4.15. The van der Waals surface area contributed by atoms with Gasteiger partial charge in [0.2, 0.25) is 0 Å². The number of rotatable bonds is 4. The Bertz CT molecular complexity index is 621. The van der Waals surface area contributed by atoms with E-state index in [0.29, 0.717) is 5.69 Å². The summed E-state index contributed by atoms with van der Waals surface area (Å²) in [5.41, 5.74) is 0.678. The maximum absolute atomic E-state index is 14.1. The van der Waals surface area contributed by atoms with Crippen molar-refractivity contribution in [3.05, 3.63) is 42.2 Å². The Morgan fingerprint density at radius 3 is 2.79 bits per heavy atom. The number of carboxylic acid groups (broad SMARTS) is 1. The molecule has 0 spiro atoms.